The average Bonchev–Trinajstić information content (AvgIpc) is 2.41. The molecule has 1 amide bonds. The van der Waals surface area contributed by atoms with Crippen molar-refractivity contribution in [2.45, 2.75) is 0 Å². The number of nitrogens with one attached hydrogen (secondary N) is 1. The second-order valence-corrected chi connectivity index (χ2v) is 3.96. The fourth-order valence-electron chi connectivity index (χ4n) is 1.37. The van der Waals surface area contributed by atoms with E-state index in [1.165, 1.54) is 12.1 Å². The maximum absolute atomic E-state index is 11.8. The maximum atomic E-state index is 11.8. The minimum Gasteiger partial charge on any atom is -0.321 e. The van der Waals surface area contributed by atoms with Gasteiger partial charge in [-0.2, -0.15) is 0 Å². The van der Waals surface area contributed by atoms with E-state index in [1.54, 1.807) is 30.3 Å². The van der Waals surface area contributed by atoms with E-state index in [-0.39, 0.29) is 17.3 Å². The Labute approximate surface area is 109 Å². The predicted octanol–water partition coefficient (Wildman–Crippen LogP) is 2.80. The highest BCUT2D eigenvalue weighted by Crippen LogP contribution is 2.14. The van der Waals surface area contributed by atoms with Crippen LogP contribution >= 0.6 is 11.6 Å². The van der Waals surface area contributed by atoms with Gasteiger partial charge in [-0.1, -0.05) is 17.7 Å². The molecule has 1 aromatic heterocycles. The molecule has 0 fully saturated rings. The highest BCUT2D eigenvalue weighted by Gasteiger charge is 2.08. The Morgan fingerprint density at radius 2 is 1.89 bits per heavy atom. The molecule has 0 aliphatic heterocycles. The van der Waals surface area contributed by atoms with E-state index in [9.17, 15) is 9.59 Å². The molecule has 0 atom stereocenters. The van der Waals surface area contributed by atoms with Crippen LogP contribution in [-0.2, 0) is 0 Å². The number of carbonyl (C=O) groups is 2. The lowest BCUT2D eigenvalue weighted by atomic mass is 10.2. The fraction of sp³-hybridized carbons (Fsp3) is 0. The van der Waals surface area contributed by atoms with E-state index in [1.807, 2.05) is 0 Å². The minimum absolute atomic E-state index is 0.189. The number of nitrogens with zero attached hydrogens (tertiary/aromatic N) is 1. The number of hydrogen-bond donors (Lipinski definition) is 1. The highest BCUT2D eigenvalue weighted by atomic mass is 35.5. The van der Waals surface area contributed by atoms with Gasteiger partial charge in [-0.25, -0.2) is 4.98 Å². The number of aldehydes is 1. The van der Waals surface area contributed by atoms with Gasteiger partial charge in [-0.3, -0.25) is 9.59 Å². The number of hydrogen-bond acceptors (Lipinski definition) is 3. The Morgan fingerprint density at radius 3 is 2.56 bits per heavy atom. The summed E-state index contributed by atoms with van der Waals surface area (Å²) in [6.45, 7) is 0. The van der Waals surface area contributed by atoms with Gasteiger partial charge in [0.25, 0.3) is 5.91 Å². The zero-order valence-corrected chi connectivity index (χ0v) is 10.0. The first kappa shape index (κ1) is 12.3. The third-order valence-corrected chi connectivity index (χ3v) is 2.48. The molecule has 0 saturated heterocycles. The van der Waals surface area contributed by atoms with Crippen molar-refractivity contribution in [3.63, 3.8) is 0 Å². The third-order valence-electron chi connectivity index (χ3n) is 2.23. The smallest absolute Gasteiger partial charge is 0.274 e. The number of pyridine rings is 1. The standard InChI is InChI=1S/C13H9ClN2O2/c14-9-4-6-10(7-5-9)16-13(18)12-3-1-2-11(8-17)15-12/h1-8H,(H,16,18). The van der Waals surface area contributed by atoms with Crippen molar-refractivity contribution in [3.8, 4) is 0 Å². The number of anilines is 1. The van der Waals surface area contributed by atoms with Crippen molar-refractivity contribution in [2.24, 2.45) is 0 Å². The predicted molar refractivity (Wildman–Crippen MR) is 69.0 cm³/mol. The Morgan fingerprint density at radius 1 is 1.17 bits per heavy atom. The summed E-state index contributed by atoms with van der Waals surface area (Å²) in [5.74, 6) is -0.374. The SMILES string of the molecule is O=Cc1cccc(C(=O)Nc2ccc(Cl)cc2)n1. The van der Waals surface area contributed by atoms with Crippen LogP contribution in [0.4, 0.5) is 5.69 Å². The summed E-state index contributed by atoms with van der Waals surface area (Å²) in [5, 5.41) is 3.25. The molecule has 1 aromatic carbocycles. The van der Waals surface area contributed by atoms with Gasteiger partial charge in [-0.15, -0.1) is 0 Å². The Kier molecular flexibility index (Phi) is 3.69. The molecular formula is C13H9ClN2O2. The van der Waals surface area contributed by atoms with Crippen molar-refractivity contribution >= 4 is 29.5 Å². The summed E-state index contributed by atoms with van der Waals surface area (Å²) in [4.78, 5) is 26.3. The van der Waals surface area contributed by atoms with Gasteiger partial charge in [0.1, 0.15) is 11.4 Å². The van der Waals surface area contributed by atoms with Gasteiger partial charge in [0.15, 0.2) is 6.29 Å². The van der Waals surface area contributed by atoms with Crippen LogP contribution in [0, 0.1) is 0 Å². The summed E-state index contributed by atoms with van der Waals surface area (Å²) in [7, 11) is 0. The summed E-state index contributed by atoms with van der Waals surface area (Å²) >= 11 is 5.74. The van der Waals surface area contributed by atoms with Gasteiger partial charge in [0.05, 0.1) is 0 Å². The van der Waals surface area contributed by atoms with Gasteiger partial charge in [0, 0.05) is 10.7 Å². The molecule has 0 saturated carbocycles. The molecule has 5 heteroatoms. The molecule has 0 radical (unpaired) electrons. The lowest BCUT2D eigenvalue weighted by molar-refractivity contribution is 0.102. The number of aromatic nitrogens is 1. The normalized spacial score (nSPS) is 9.83. The van der Waals surface area contributed by atoms with Crippen LogP contribution in [0.3, 0.4) is 0 Å². The molecule has 18 heavy (non-hydrogen) atoms. The average molecular weight is 261 g/mol. The highest BCUT2D eigenvalue weighted by molar-refractivity contribution is 6.30. The van der Waals surface area contributed by atoms with E-state index in [0.717, 1.165) is 0 Å². The number of benzene rings is 1. The molecule has 0 spiro atoms. The molecule has 2 aromatic rings. The summed E-state index contributed by atoms with van der Waals surface area (Å²) < 4.78 is 0. The van der Waals surface area contributed by atoms with Crippen molar-refractivity contribution in [1.29, 1.82) is 0 Å². The van der Waals surface area contributed by atoms with Gasteiger partial charge in [0.2, 0.25) is 0 Å². The lowest BCUT2D eigenvalue weighted by Gasteiger charge is -2.04. The molecular weight excluding hydrogens is 252 g/mol. The van der Waals surface area contributed by atoms with Crippen LogP contribution in [0.1, 0.15) is 21.0 Å². The van der Waals surface area contributed by atoms with E-state index < -0.39 is 0 Å². The molecule has 1 heterocycles. The first-order valence-corrected chi connectivity index (χ1v) is 5.56. The van der Waals surface area contributed by atoms with Gasteiger partial charge < -0.3 is 5.32 Å². The largest absolute Gasteiger partial charge is 0.321 e. The Bertz CT molecular complexity index is 582. The quantitative estimate of drug-likeness (QED) is 0.864. The molecule has 0 bridgehead atoms. The minimum atomic E-state index is -0.374. The number of carbonyl (C=O) groups excluding carboxylic acids is 2. The van der Waals surface area contributed by atoms with Crippen LogP contribution in [0.25, 0.3) is 0 Å². The number of amides is 1. The molecule has 0 aliphatic carbocycles. The van der Waals surface area contributed by atoms with Crippen molar-refractivity contribution < 1.29 is 9.59 Å². The summed E-state index contributed by atoms with van der Waals surface area (Å²) in [5.41, 5.74) is 1.02. The molecule has 0 unspecified atom stereocenters. The monoisotopic (exact) mass is 260 g/mol. The maximum Gasteiger partial charge on any atom is 0.274 e. The van der Waals surface area contributed by atoms with Crippen molar-refractivity contribution in [2.75, 3.05) is 5.32 Å². The van der Waals surface area contributed by atoms with Crippen molar-refractivity contribution in [3.05, 3.63) is 58.9 Å². The second kappa shape index (κ2) is 5.42. The van der Waals surface area contributed by atoms with E-state index in [4.69, 9.17) is 11.6 Å². The number of halogens is 1. The lowest BCUT2D eigenvalue weighted by Crippen LogP contribution is -2.14. The zero-order chi connectivity index (χ0) is 13.0. The molecule has 90 valence electrons. The van der Waals surface area contributed by atoms with Crippen LogP contribution < -0.4 is 5.32 Å². The molecule has 2 rings (SSSR count). The van der Waals surface area contributed by atoms with Gasteiger partial charge >= 0.3 is 0 Å². The first-order valence-electron chi connectivity index (χ1n) is 5.18. The Balaban J connectivity index is 2.16. The van der Waals surface area contributed by atoms with Crippen LogP contribution in [0.5, 0.6) is 0 Å². The molecule has 1 N–H and O–H groups in total. The van der Waals surface area contributed by atoms with E-state index >= 15 is 0 Å². The van der Waals surface area contributed by atoms with Crippen LogP contribution in [0.15, 0.2) is 42.5 Å². The summed E-state index contributed by atoms with van der Waals surface area (Å²) in [6.07, 6.45) is 0.596. The van der Waals surface area contributed by atoms with E-state index in [0.29, 0.717) is 17.0 Å². The van der Waals surface area contributed by atoms with Crippen LogP contribution in [-0.4, -0.2) is 17.2 Å². The van der Waals surface area contributed by atoms with Crippen LogP contribution in [0.2, 0.25) is 5.02 Å². The van der Waals surface area contributed by atoms with Crippen molar-refractivity contribution in [1.82, 2.24) is 4.98 Å². The first-order chi connectivity index (χ1) is 8.69. The topological polar surface area (TPSA) is 59.1 Å². The second-order valence-electron chi connectivity index (χ2n) is 3.53. The summed E-state index contributed by atoms with van der Waals surface area (Å²) in [6, 6.07) is 11.4. The molecule has 4 nitrogen and oxygen atoms in total. The zero-order valence-electron chi connectivity index (χ0n) is 9.26. The molecule has 0 aliphatic rings. The van der Waals surface area contributed by atoms with E-state index in [2.05, 4.69) is 10.3 Å². The Hall–Kier alpha value is -2.20. The number of rotatable bonds is 3. The van der Waals surface area contributed by atoms with Gasteiger partial charge in [-0.05, 0) is 36.4 Å². The fourth-order valence-corrected chi connectivity index (χ4v) is 1.50. The third kappa shape index (κ3) is 2.93.